The highest BCUT2D eigenvalue weighted by molar-refractivity contribution is 6.34. The molecule has 112 valence electrons. The molecule has 0 heterocycles. The fourth-order valence-corrected chi connectivity index (χ4v) is 2.05. The van der Waals surface area contributed by atoms with E-state index in [0.29, 0.717) is 22.9 Å². The monoisotopic (exact) mass is 299 g/mol. The molecule has 1 aromatic carbocycles. The predicted octanol–water partition coefficient (Wildman–Crippen LogP) is 1.96. The maximum absolute atomic E-state index is 12.0. The van der Waals surface area contributed by atoms with Crippen molar-refractivity contribution in [1.29, 1.82) is 0 Å². The summed E-state index contributed by atoms with van der Waals surface area (Å²) in [5.41, 5.74) is 6.70. The van der Waals surface area contributed by atoms with E-state index in [-0.39, 0.29) is 19.1 Å². The first-order valence-electron chi connectivity index (χ1n) is 6.75. The molecule has 1 amide bonds. The van der Waals surface area contributed by atoms with Crippen molar-refractivity contribution in [3.63, 3.8) is 0 Å². The van der Waals surface area contributed by atoms with Crippen molar-refractivity contribution >= 4 is 28.9 Å². The number of anilines is 2. The van der Waals surface area contributed by atoms with Gasteiger partial charge < -0.3 is 16.2 Å². The Morgan fingerprint density at radius 3 is 2.80 bits per heavy atom. The minimum Gasteiger partial charge on any atom is -0.399 e. The zero-order chi connectivity index (χ0) is 15.0. The third kappa shape index (κ3) is 5.77. The molecule has 0 saturated heterocycles. The highest BCUT2D eigenvalue weighted by Gasteiger charge is 2.11. The van der Waals surface area contributed by atoms with Crippen LogP contribution in [0.4, 0.5) is 11.4 Å². The second-order valence-electron chi connectivity index (χ2n) is 4.64. The van der Waals surface area contributed by atoms with Gasteiger partial charge in [0.1, 0.15) is 0 Å². The minimum atomic E-state index is -0.152. The average Bonchev–Trinajstić information content (AvgIpc) is 2.39. The van der Waals surface area contributed by atoms with Gasteiger partial charge in [0.15, 0.2) is 0 Å². The quantitative estimate of drug-likeness (QED) is 0.641. The number of rotatable bonds is 8. The molecule has 0 aliphatic carbocycles. The van der Waals surface area contributed by atoms with E-state index in [4.69, 9.17) is 22.4 Å². The summed E-state index contributed by atoms with van der Waals surface area (Å²) >= 11 is 6.01. The van der Waals surface area contributed by atoms with Gasteiger partial charge in [-0.2, -0.15) is 0 Å². The summed E-state index contributed by atoms with van der Waals surface area (Å²) in [7, 11) is 0. The molecular formula is C14H22ClN3O2. The number of benzene rings is 1. The van der Waals surface area contributed by atoms with Crippen LogP contribution in [0.3, 0.4) is 0 Å². The Morgan fingerprint density at radius 2 is 2.20 bits per heavy atom. The van der Waals surface area contributed by atoms with E-state index in [1.165, 1.54) is 0 Å². The molecule has 0 aliphatic heterocycles. The van der Waals surface area contributed by atoms with Crippen molar-refractivity contribution in [2.45, 2.75) is 19.8 Å². The summed E-state index contributed by atoms with van der Waals surface area (Å²) in [6.07, 6.45) is 2.04. The Bertz CT molecular complexity index is 440. The van der Waals surface area contributed by atoms with Gasteiger partial charge in [0, 0.05) is 12.2 Å². The zero-order valence-corrected chi connectivity index (χ0v) is 12.5. The van der Waals surface area contributed by atoms with Gasteiger partial charge in [0.25, 0.3) is 0 Å². The molecule has 5 nitrogen and oxygen atoms in total. The van der Waals surface area contributed by atoms with Crippen LogP contribution in [0.15, 0.2) is 18.2 Å². The number of carbonyl (C=O) groups is 1. The molecule has 6 heteroatoms. The van der Waals surface area contributed by atoms with Gasteiger partial charge in [0.05, 0.1) is 23.9 Å². The summed E-state index contributed by atoms with van der Waals surface area (Å²) < 4.78 is 0. The van der Waals surface area contributed by atoms with Crippen molar-refractivity contribution in [3.05, 3.63) is 23.2 Å². The van der Waals surface area contributed by atoms with Gasteiger partial charge in [-0.3, -0.25) is 9.69 Å². The Balaban J connectivity index is 2.55. The lowest BCUT2D eigenvalue weighted by atomic mass is 10.2. The first-order chi connectivity index (χ1) is 9.56. The summed E-state index contributed by atoms with van der Waals surface area (Å²) in [4.78, 5) is 13.9. The molecule has 0 radical (unpaired) electrons. The van der Waals surface area contributed by atoms with Crippen LogP contribution >= 0.6 is 11.6 Å². The Morgan fingerprint density at radius 1 is 1.45 bits per heavy atom. The average molecular weight is 300 g/mol. The van der Waals surface area contributed by atoms with Crippen molar-refractivity contribution in [1.82, 2.24) is 4.90 Å². The molecule has 20 heavy (non-hydrogen) atoms. The molecule has 1 aromatic rings. The number of aliphatic hydroxyl groups excluding tert-OH is 1. The SMILES string of the molecule is CCCCN(CCO)CC(=O)Nc1ccc(N)cc1Cl. The summed E-state index contributed by atoms with van der Waals surface area (Å²) in [5, 5.41) is 12.2. The van der Waals surface area contributed by atoms with E-state index in [2.05, 4.69) is 12.2 Å². The fraction of sp³-hybridized carbons (Fsp3) is 0.500. The van der Waals surface area contributed by atoms with Crippen LogP contribution in [-0.2, 0) is 4.79 Å². The number of amides is 1. The fourth-order valence-electron chi connectivity index (χ4n) is 1.82. The molecular weight excluding hydrogens is 278 g/mol. The molecule has 0 aromatic heterocycles. The molecule has 0 aliphatic rings. The highest BCUT2D eigenvalue weighted by atomic mass is 35.5. The van der Waals surface area contributed by atoms with Gasteiger partial charge in [-0.1, -0.05) is 24.9 Å². The number of aliphatic hydroxyl groups is 1. The van der Waals surface area contributed by atoms with Gasteiger partial charge in [-0.25, -0.2) is 0 Å². The molecule has 0 bridgehead atoms. The number of nitrogens with one attached hydrogen (secondary N) is 1. The number of hydrogen-bond donors (Lipinski definition) is 3. The van der Waals surface area contributed by atoms with E-state index in [9.17, 15) is 4.79 Å². The summed E-state index contributed by atoms with van der Waals surface area (Å²) in [6.45, 7) is 3.65. The maximum Gasteiger partial charge on any atom is 0.238 e. The van der Waals surface area contributed by atoms with Gasteiger partial charge in [-0.05, 0) is 31.2 Å². The lowest BCUT2D eigenvalue weighted by Crippen LogP contribution is -2.36. The zero-order valence-electron chi connectivity index (χ0n) is 11.7. The maximum atomic E-state index is 12.0. The van der Waals surface area contributed by atoms with Crippen molar-refractivity contribution in [2.24, 2.45) is 0 Å². The standard InChI is InChI=1S/C14H22ClN3O2/c1-2-3-6-18(7-8-19)10-14(20)17-13-5-4-11(16)9-12(13)15/h4-5,9,19H,2-3,6-8,10,16H2,1H3,(H,17,20). The van der Waals surface area contributed by atoms with Gasteiger partial charge in [-0.15, -0.1) is 0 Å². The van der Waals surface area contributed by atoms with Crippen LogP contribution in [-0.4, -0.2) is 42.2 Å². The van der Waals surface area contributed by atoms with E-state index >= 15 is 0 Å². The molecule has 1 rings (SSSR count). The number of unbranched alkanes of at least 4 members (excludes halogenated alkanes) is 1. The Kier molecular flexibility index (Phi) is 7.36. The van der Waals surface area contributed by atoms with Gasteiger partial charge in [0.2, 0.25) is 5.91 Å². The van der Waals surface area contributed by atoms with Crippen LogP contribution in [0.1, 0.15) is 19.8 Å². The van der Waals surface area contributed by atoms with E-state index < -0.39 is 0 Å². The van der Waals surface area contributed by atoms with Gasteiger partial charge >= 0.3 is 0 Å². The first kappa shape index (κ1) is 16.8. The Hall–Kier alpha value is -1.30. The Labute approximate surface area is 124 Å². The third-order valence-electron chi connectivity index (χ3n) is 2.88. The second-order valence-corrected chi connectivity index (χ2v) is 5.05. The largest absolute Gasteiger partial charge is 0.399 e. The predicted molar refractivity (Wildman–Crippen MR) is 82.9 cm³/mol. The molecule has 4 N–H and O–H groups in total. The third-order valence-corrected chi connectivity index (χ3v) is 3.19. The summed E-state index contributed by atoms with van der Waals surface area (Å²) in [5.74, 6) is -0.152. The normalized spacial score (nSPS) is 10.8. The number of nitrogens with two attached hydrogens (primary N) is 1. The van der Waals surface area contributed by atoms with Crippen LogP contribution in [0.25, 0.3) is 0 Å². The number of hydrogen-bond acceptors (Lipinski definition) is 4. The van der Waals surface area contributed by atoms with Crippen LogP contribution in [0, 0.1) is 0 Å². The number of nitrogens with zero attached hydrogens (tertiary/aromatic N) is 1. The van der Waals surface area contributed by atoms with Crippen molar-refractivity contribution in [2.75, 3.05) is 37.3 Å². The van der Waals surface area contributed by atoms with Crippen molar-refractivity contribution in [3.8, 4) is 0 Å². The molecule has 0 fully saturated rings. The molecule has 0 spiro atoms. The van der Waals surface area contributed by atoms with E-state index in [1.807, 2.05) is 4.90 Å². The molecule has 0 unspecified atom stereocenters. The minimum absolute atomic E-state index is 0.0413. The van der Waals surface area contributed by atoms with Crippen molar-refractivity contribution < 1.29 is 9.90 Å². The van der Waals surface area contributed by atoms with Crippen LogP contribution in [0.2, 0.25) is 5.02 Å². The van der Waals surface area contributed by atoms with E-state index in [0.717, 1.165) is 19.4 Å². The highest BCUT2D eigenvalue weighted by Crippen LogP contribution is 2.23. The van der Waals surface area contributed by atoms with E-state index in [1.54, 1.807) is 18.2 Å². The molecule has 0 saturated carbocycles. The lowest BCUT2D eigenvalue weighted by Gasteiger charge is -2.20. The smallest absolute Gasteiger partial charge is 0.238 e. The topological polar surface area (TPSA) is 78.6 Å². The first-order valence-corrected chi connectivity index (χ1v) is 7.12. The lowest BCUT2D eigenvalue weighted by molar-refractivity contribution is -0.117. The molecule has 0 atom stereocenters. The summed E-state index contributed by atoms with van der Waals surface area (Å²) in [6, 6.07) is 4.96. The van der Waals surface area contributed by atoms with Crippen LogP contribution < -0.4 is 11.1 Å². The number of halogens is 1. The number of carbonyl (C=O) groups excluding carboxylic acids is 1. The number of nitrogen functional groups attached to an aromatic ring is 1. The van der Waals surface area contributed by atoms with Crippen LogP contribution in [0.5, 0.6) is 0 Å². The second kappa shape index (κ2) is 8.79.